The van der Waals surface area contributed by atoms with E-state index in [1.54, 1.807) is 24.3 Å². The van der Waals surface area contributed by atoms with Gasteiger partial charge in [-0.05, 0) is 65.5 Å². The van der Waals surface area contributed by atoms with Crippen LogP contribution in [0.1, 0.15) is 31.2 Å². The molecule has 2 aromatic rings. The molecule has 0 atom stereocenters. The molecule has 1 aliphatic carbocycles. The van der Waals surface area contributed by atoms with Crippen molar-refractivity contribution in [2.45, 2.75) is 42.2 Å². The average Bonchev–Trinajstić information content (AvgIpc) is 3.21. The lowest BCUT2D eigenvalue weighted by molar-refractivity contribution is -0.149. The highest BCUT2D eigenvalue weighted by Gasteiger charge is 2.54. The van der Waals surface area contributed by atoms with Gasteiger partial charge in [0.1, 0.15) is 0 Å². The summed E-state index contributed by atoms with van der Waals surface area (Å²) in [5.74, 6) is -1.40. The molecule has 0 aromatic heterocycles. The minimum Gasteiger partial charge on any atom is -0.454 e. The van der Waals surface area contributed by atoms with Crippen molar-refractivity contribution in [3.63, 3.8) is 0 Å². The monoisotopic (exact) mass is 479 g/mol. The Kier molecular flexibility index (Phi) is 6.43. The Bertz CT molecular complexity index is 1010. The van der Waals surface area contributed by atoms with Crippen LogP contribution in [0, 0.1) is 6.92 Å². The van der Waals surface area contributed by atoms with Gasteiger partial charge in [0.25, 0.3) is 5.91 Å². The van der Waals surface area contributed by atoms with Gasteiger partial charge in [-0.25, -0.2) is 8.42 Å². The zero-order chi connectivity index (χ0) is 21.1. The van der Waals surface area contributed by atoms with Gasteiger partial charge in [-0.15, -0.1) is 0 Å². The standard InChI is InChI=1S/C21H22BrNO5S/c1-15-9-10-18(17(22)13-15)23-19(24)14-28-20(25)21(11-5-6-12-21)29(26,27)16-7-3-2-4-8-16/h2-4,7-10,13H,5-6,11-12,14H2,1H3,(H,23,24). The van der Waals surface area contributed by atoms with Gasteiger partial charge in [-0.2, -0.15) is 0 Å². The number of anilines is 1. The average molecular weight is 480 g/mol. The van der Waals surface area contributed by atoms with E-state index in [0.717, 1.165) is 5.56 Å². The molecule has 3 rings (SSSR count). The second kappa shape index (κ2) is 8.67. The molecule has 1 aliphatic rings. The minimum atomic E-state index is -3.93. The summed E-state index contributed by atoms with van der Waals surface area (Å²) in [6, 6.07) is 13.3. The molecule has 29 heavy (non-hydrogen) atoms. The van der Waals surface area contributed by atoms with Crippen LogP contribution in [-0.4, -0.2) is 31.6 Å². The second-order valence-electron chi connectivity index (χ2n) is 7.13. The van der Waals surface area contributed by atoms with Crippen LogP contribution >= 0.6 is 15.9 Å². The first-order valence-electron chi connectivity index (χ1n) is 9.29. The minimum absolute atomic E-state index is 0.0897. The highest BCUT2D eigenvalue weighted by molar-refractivity contribution is 9.10. The molecule has 0 saturated heterocycles. The lowest BCUT2D eigenvalue weighted by Crippen LogP contribution is -2.46. The maximum atomic E-state index is 13.2. The Morgan fingerprint density at radius 3 is 2.38 bits per heavy atom. The summed E-state index contributed by atoms with van der Waals surface area (Å²) in [7, 11) is -3.93. The first-order valence-corrected chi connectivity index (χ1v) is 11.6. The fourth-order valence-electron chi connectivity index (χ4n) is 3.52. The summed E-state index contributed by atoms with van der Waals surface area (Å²) in [6.07, 6.45) is 1.61. The Morgan fingerprint density at radius 1 is 1.10 bits per heavy atom. The highest BCUT2D eigenvalue weighted by Crippen LogP contribution is 2.41. The quantitative estimate of drug-likeness (QED) is 0.631. The van der Waals surface area contributed by atoms with Gasteiger partial charge >= 0.3 is 5.97 Å². The molecule has 1 N–H and O–H groups in total. The molecule has 154 valence electrons. The number of halogens is 1. The van der Waals surface area contributed by atoms with Crippen molar-refractivity contribution in [3.05, 3.63) is 58.6 Å². The second-order valence-corrected chi connectivity index (χ2v) is 10.2. The molecular formula is C21H22BrNO5S. The molecule has 6 nitrogen and oxygen atoms in total. The van der Waals surface area contributed by atoms with Crippen molar-refractivity contribution in [3.8, 4) is 0 Å². The molecule has 0 spiro atoms. The molecule has 1 amide bonds. The van der Waals surface area contributed by atoms with Crippen LogP contribution in [0.4, 0.5) is 5.69 Å². The van der Waals surface area contributed by atoms with Crippen LogP contribution < -0.4 is 5.32 Å². The van der Waals surface area contributed by atoms with Crippen LogP contribution in [0.2, 0.25) is 0 Å². The number of sulfone groups is 1. The number of rotatable bonds is 6. The molecule has 1 saturated carbocycles. The predicted octanol–water partition coefficient (Wildman–Crippen LogP) is 4.03. The SMILES string of the molecule is Cc1ccc(NC(=O)COC(=O)C2(S(=O)(=O)c3ccccc3)CCCC2)c(Br)c1. The van der Waals surface area contributed by atoms with Crippen LogP contribution in [0.25, 0.3) is 0 Å². The third kappa shape index (κ3) is 4.38. The van der Waals surface area contributed by atoms with Crippen LogP contribution in [0.5, 0.6) is 0 Å². The Morgan fingerprint density at radius 2 is 1.76 bits per heavy atom. The van der Waals surface area contributed by atoms with Crippen molar-refractivity contribution >= 4 is 43.3 Å². The third-order valence-electron chi connectivity index (χ3n) is 5.08. The van der Waals surface area contributed by atoms with E-state index < -0.39 is 33.1 Å². The largest absolute Gasteiger partial charge is 0.454 e. The molecule has 1 fully saturated rings. The lowest BCUT2D eigenvalue weighted by Gasteiger charge is -2.26. The van der Waals surface area contributed by atoms with Gasteiger partial charge in [0.2, 0.25) is 0 Å². The Balaban J connectivity index is 1.73. The Hall–Kier alpha value is -2.19. The van der Waals surface area contributed by atoms with E-state index in [-0.39, 0.29) is 17.7 Å². The van der Waals surface area contributed by atoms with Gasteiger partial charge < -0.3 is 10.1 Å². The number of esters is 1. The topological polar surface area (TPSA) is 89.5 Å². The molecule has 0 aliphatic heterocycles. The molecule has 0 heterocycles. The summed E-state index contributed by atoms with van der Waals surface area (Å²) in [5, 5.41) is 2.65. The predicted molar refractivity (Wildman–Crippen MR) is 113 cm³/mol. The first-order chi connectivity index (χ1) is 13.8. The van der Waals surface area contributed by atoms with Gasteiger partial charge in [0.05, 0.1) is 10.6 Å². The summed E-state index contributed by atoms with van der Waals surface area (Å²) in [4.78, 5) is 25.2. The Labute approximate surface area is 178 Å². The molecule has 0 radical (unpaired) electrons. The summed E-state index contributed by atoms with van der Waals surface area (Å²) < 4.78 is 30.7. The van der Waals surface area contributed by atoms with Crippen LogP contribution in [0.15, 0.2) is 57.9 Å². The van der Waals surface area contributed by atoms with Crippen molar-refractivity contribution in [1.29, 1.82) is 0 Å². The van der Waals surface area contributed by atoms with Gasteiger partial charge in [-0.3, -0.25) is 9.59 Å². The van der Waals surface area contributed by atoms with E-state index >= 15 is 0 Å². The smallest absolute Gasteiger partial charge is 0.328 e. The fraction of sp³-hybridized carbons (Fsp3) is 0.333. The number of benzene rings is 2. The van der Waals surface area contributed by atoms with Crippen molar-refractivity contribution in [2.24, 2.45) is 0 Å². The number of carbonyl (C=O) groups excluding carboxylic acids is 2. The lowest BCUT2D eigenvalue weighted by atomic mass is 10.1. The number of amides is 1. The first kappa shape index (κ1) is 21.5. The van der Waals surface area contributed by atoms with E-state index in [1.807, 2.05) is 19.1 Å². The van der Waals surface area contributed by atoms with Gasteiger partial charge in [0, 0.05) is 4.47 Å². The molecular weight excluding hydrogens is 458 g/mol. The zero-order valence-corrected chi connectivity index (χ0v) is 18.4. The number of ether oxygens (including phenoxy) is 1. The summed E-state index contributed by atoms with van der Waals surface area (Å²) in [6.45, 7) is 1.37. The summed E-state index contributed by atoms with van der Waals surface area (Å²) >= 11 is 3.37. The normalized spacial score (nSPS) is 15.7. The van der Waals surface area contributed by atoms with Crippen LogP contribution in [0.3, 0.4) is 0 Å². The number of carbonyl (C=O) groups is 2. The number of hydrogen-bond donors (Lipinski definition) is 1. The third-order valence-corrected chi connectivity index (χ3v) is 8.24. The summed E-state index contributed by atoms with van der Waals surface area (Å²) in [5.41, 5.74) is 1.57. The number of hydrogen-bond acceptors (Lipinski definition) is 5. The van der Waals surface area contributed by atoms with Crippen LogP contribution in [-0.2, 0) is 24.2 Å². The van der Waals surface area contributed by atoms with E-state index in [1.165, 1.54) is 12.1 Å². The van der Waals surface area contributed by atoms with Crippen molar-refractivity contribution < 1.29 is 22.7 Å². The molecule has 0 unspecified atom stereocenters. The zero-order valence-electron chi connectivity index (χ0n) is 16.0. The van der Waals surface area contributed by atoms with Crippen molar-refractivity contribution in [1.82, 2.24) is 0 Å². The maximum absolute atomic E-state index is 13.2. The van der Waals surface area contributed by atoms with Crippen molar-refractivity contribution in [2.75, 3.05) is 11.9 Å². The van der Waals surface area contributed by atoms with E-state index in [2.05, 4.69) is 21.2 Å². The molecule has 2 aromatic carbocycles. The number of aryl methyl sites for hydroxylation is 1. The number of nitrogens with one attached hydrogen (secondary N) is 1. The highest BCUT2D eigenvalue weighted by atomic mass is 79.9. The van der Waals surface area contributed by atoms with Gasteiger partial charge in [-0.1, -0.05) is 37.1 Å². The van der Waals surface area contributed by atoms with E-state index in [9.17, 15) is 18.0 Å². The van der Waals surface area contributed by atoms with E-state index in [0.29, 0.717) is 23.0 Å². The van der Waals surface area contributed by atoms with Gasteiger partial charge in [0.15, 0.2) is 21.2 Å². The fourth-order valence-corrected chi connectivity index (χ4v) is 6.19. The maximum Gasteiger partial charge on any atom is 0.328 e. The molecule has 0 bridgehead atoms. The molecule has 8 heteroatoms. The van der Waals surface area contributed by atoms with E-state index in [4.69, 9.17) is 4.74 Å².